The van der Waals surface area contributed by atoms with Crippen molar-refractivity contribution in [3.05, 3.63) is 170 Å². The second-order valence-electron chi connectivity index (χ2n) is 10.8. The molecule has 0 atom stereocenters. The Labute approximate surface area is 329 Å². The third kappa shape index (κ3) is 4.92. The number of benzene rings is 7. The first-order valence-corrected chi connectivity index (χ1v) is 16.5. The number of nitrogens with zero attached hydrogens (tertiary/aromatic N) is 2. The minimum Gasteiger partial charge on any atom is -0.235 e. The smallest absolute Gasteiger partial charge is 0.116 e. The SMILES string of the molecule is [2H]c1cc(-c2ncnc3c2sc2ccc(-c4c([2H])c([2H])c([2H])c(-c5c([2H])c([2H])c(-c6c([2H])c([2H])c([2H])c([2H])c6[2H])c([2H])c5[2H])c4[2H])cc23)c([2H])c(-c2c([2H])c([2H])c([2H])c3c2sc2c([2H])c([2H])c([2H])c([2H])c23)c1[2H]. The summed E-state index contributed by atoms with van der Waals surface area (Å²) in [5, 5.41) is 0.296. The largest absolute Gasteiger partial charge is 0.235 e. The summed E-state index contributed by atoms with van der Waals surface area (Å²) < 4.78 is 202. The van der Waals surface area contributed by atoms with Gasteiger partial charge in [0, 0.05) is 35.8 Å². The minimum absolute atomic E-state index is 0.00324. The molecule has 0 aliphatic carbocycles. The summed E-state index contributed by atoms with van der Waals surface area (Å²) in [4.78, 5) is 9.02. The Bertz CT molecular complexity index is 4150. The van der Waals surface area contributed by atoms with Gasteiger partial charge in [0.25, 0.3) is 0 Å². The van der Waals surface area contributed by atoms with E-state index >= 15 is 0 Å². The van der Waals surface area contributed by atoms with E-state index in [0.717, 1.165) is 22.7 Å². The molecule has 3 aromatic heterocycles. The summed E-state index contributed by atoms with van der Waals surface area (Å²) in [6.45, 7) is 0. The molecule has 0 saturated carbocycles. The van der Waals surface area contributed by atoms with Crippen molar-refractivity contribution in [3.63, 3.8) is 0 Å². The summed E-state index contributed by atoms with van der Waals surface area (Å²) in [6.07, 6.45) is 1.18. The average Bonchev–Trinajstić information content (AvgIpc) is 3.95. The molecule has 10 aromatic rings. The quantitative estimate of drug-likeness (QED) is 0.179. The van der Waals surface area contributed by atoms with Crippen molar-refractivity contribution in [1.82, 2.24) is 9.97 Å². The Morgan fingerprint density at radius 3 is 1.96 bits per heavy atom. The predicted molar refractivity (Wildman–Crippen MR) is 215 cm³/mol. The average molecular weight is 696 g/mol. The van der Waals surface area contributed by atoms with Gasteiger partial charge in [0.05, 0.1) is 47.4 Å². The van der Waals surface area contributed by atoms with Crippen LogP contribution in [0.5, 0.6) is 0 Å². The molecule has 0 amide bonds. The third-order valence-corrected chi connectivity index (χ3v) is 10.2. The van der Waals surface area contributed by atoms with Crippen molar-refractivity contribution >= 4 is 63.1 Å². The van der Waals surface area contributed by atoms with Gasteiger partial charge in [-0.25, -0.2) is 9.97 Å². The maximum Gasteiger partial charge on any atom is 0.116 e. The first-order chi connectivity index (χ1) is 34.3. The number of hydrogen-bond acceptors (Lipinski definition) is 4. The second-order valence-corrected chi connectivity index (χ2v) is 12.9. The molecule has 0 radical (unpaired) electrons. The first kappa shape index (κ1) is 14.1. The highest BCUT2D eigenvalue weighted by Crippen LogP contribution is 2.43. The van der Waals surface area contributed by atoms with E-state index in [4.69, 9.17) is 28.8 Å². The molecule has 0 saturated heterocycles. The molecule has 3 heterocycles. The van der Waals surface area contributed by atoms with Crippen molar-refractivity contribution in [2.45, 2.75) is 0 Å². The summed E-state index contributed by atoms with van der Waals surface area (Å²) >= 11 is 1.98. The molecular formula is C46H28N2S2. The van der Waals surface area contributed by atoms with Crippen LogP contribution in [0.3, 0.4) is 0 Å². The maximum atomic E-state index is 9.59. The van der Waals surface area contributed by atoms with Crippen molar-refractivity contribution in [1.29, 1.82) is 0 Å². The zero-order valence-corrected chi connectivity index (χ0v) is 26.7. The third-order valence-electron chi connectivity index (χ3n) is 7.90. The van der Waals surface area contributed by atoms with E-state index in [0.29, 0.717) is 14.8 Å². The lowest BCUT2D eigenvalue weighted by Gasteiger charge is -2.08. The van der Waals surface area contributed by atoms with Crippen molar-refractivity contribution < 1.29 is 31.5 Å². The van der Waals surface area contributed by atoms with Gasteiger partial charge in [-0.15, -0.1) is 22.7 Å². The van der Waals surface area contributed by atoms with E-state index in [1.807, 2.05) is 0 Å². The first-order valence-electron chi connectivity index (χ1n) is 26.3. The van der Waals surface area contributed by atoms with Crippen LogP contribution in [0.25, 0.3) is 96.2 Å². The van der Waals surface area contributed by atoms with Gasteiger partial charge in [-0.1, -0.05) is 133 Å². The zero-order chi connectivity index (χ0) is 53.0. The van der Waals surface area contributed by atoms with Gasteiger partial charge in [-0.2, -0.15) is 0 Å². The molecule has 0 unspecified atom stereocenters. The summed E-state index contributed by atoms with van der Waals surface area (Å²) in [5.74, 6) is 0. The number of rotatable bonds is 5. The zero-order valence-electron chi connectivity index (χ0n) is 48.1. The molecule has 0 spiro atoms. The highest BCUT2D eigenvalue weighted by atomic mass is 32.1. The van der Waals surface area contributed by atoms with E-state index in [1.54, 1.807) is 12.1 Å². The molecule has 0 aliphatic heterocycles. The van der Waals surface area contributed by atoms with Gasteiger partial charge in [0.1, 0.15) is 6.33 Å². The second kappa shape index (κ2) is 11.9. The van der Waals surface area contributed by atoms with Gasteiger partial charge < -0.3 is 0 Å². The molecule has 50 heavy (non-hydrogen) atoms. The van der Waals surface area contributed by atoms with E-state index in [1.165, 1.54) is 18.5 Å². The van der Waals surface area contributed by atoms with Gasteiger partial charge in [0.2, 0.25) is 0 Å². The molecule has 2 nitrogen and oxygen atoms in total. The molecule has 0 bridgehead atoms. The van der Waals surface area contributed by atoms with Crippen molar-refractivity contribution in [2.75, 3.05) is 0 Å². The summed E-state index contributed by atoms with van der Waals surface area (Å²) in [5.41, 5.74) is -2.51. The van der Waals surface area contributed by atoms with Gasteiger partial charge in [0.15, 0.2) is 0 Å². The van der Waals surface area contributed by atoms with E-state index in [9.17, 15) is 2.74 Å². The molecule has 10 rings (SSSR count). The lowest BCUT2D eigenvalue weighted by molar-refractivity contribution is 1.24. The van der Waals surface area contributed by atoms with E-state index < -0.39 is 161 Å². The highest BCUT2D eigenvalue weighted by molar-refractivity contribution is 7.26. The fourth-order valence-electron chi connectivity index (χ4n) is 5.61. The van der Waals surface area contributed by atoms with Gasteiger partial charge in [-0.3, -0.25) is 0 Å². The van der Waals surface area contributed by atoms with Crippen LogP contribution in [0.15, 0.2) is 170 Å². The van der Waals surface area contributed by atoms with Crippen LogP contribution in [0.4, 0.5) is 0 Å². The summed E-state index contributed by atoms with van der Waals surface area (Å²) in [6, 6.07) is -8.95. The highest BCUT2D eigenvalue weighted by Gasteiger charge is 2.16. The van der Waals surface area contributed by atoms with Gasteiger partial charge in [-0.05, 0) is 74.8 Å². The Balaban J connectivity index is 1.16. The molecular weight excluding hydrogens is 645 g/mol. The predicted octanol–water partition coefficient (Wildman–Crippen LogP) is 13.5. The summed E-state index contributed by atoms with van der Waals surface area (Å²) in [7, 11) is 0. The topological polar surface area (TPSA) is 25.8 Å². The van der Waals surface area contributed by atoms with E-state index in [-0.39, 0.29) is 59.2 Å². The standard InChI is InChI=1S/C46H28N2S2/c1-2-9-29(10-3-1)30-19-21-31(22-20-30)32-11-6-12-33(25-32)34-23-24-42-40(27-34)44-46(50-42)43(47-28-48-44)36-14-7-13-35(26-36)37-16-8-17-39-38-15-4-5-18-41(38)49-45(37)39/h1-28H/i1D,2D,3D,4D,5D,6D,7D,8D,9D,10D,11D,12D,13D,15D,16D,17D,18D,19D,20D,21D,22D,25D,26D. The van der Waals surface area contributed by atoms with Gasteiger partial charge >= 0.3 is 0 Å². The van der Waals surface area contributed by atoms with Crippen LogP contribution < -0.4 is 0 Å². The fourth-order valence-corrected chi connectivity index (χ4v) is 7.83. The Hall–Kier alpha value is -5.94. The normalized spacial score (nSPS) is 18.0. The number of aromatic nitrogens is 2. The van der Waals surface area contributed by atoms with Crippen LogP contribution in [-0.2, 0) is 0 Å². The Kier molecular flexibility index (Phi) is 3.36. The molecule has 4 heteroatoms. The minimum atomic E-state index is -0.839. The lowest BCUT2D eigenvalue weighted by Crippen LogP contribution is -1.87. The molecule has 7 aromatic carbocycles. The monoisotopic (exact) mass is 695 g/mol. The lowest BCUT2D eigenvalue weighted by atomic mass is 9.96. The van der Waals surface area contributed by atoms with Crippen molar-refractivity contribution in [2.24, 2.45) is 0 Å². The van der Waals surface area contributed by atoms with Crippen LogP contribution in [0.2, 0.25) is 0 Å². The molecule has 0 aliphatic rings. The Morgan fingerprint density at radius 2 is 1.08 bits per heavy atom. The van der Waals surface area contributed by atoms with Crippen LogP contribution in [0.1, 0.15) is 31.5 Å². The molecule has 0 fully saturated rings. The molecule has 234 valence electrons. The van der Waals surface area contributed by atoms with Crippen LogP contribution >= 0.6 is 22.7 Å². The van der Waals surface area contributed by atoms with Crippen LogP contribution in [0, 0.1) is 0 Å². The van der Waals surface area contributed by atoms with Crippen molar-refractivity contribution in [3.8, 4) is 55.8 Å². The number of hydrogen-bond donors (Lipinski definition) is 0. The molecule has 0 N–H and O–H groups in total. The van der Waals surface area contributed by atoms with E-state index in [2.05, 4.69) is 9.97 Å². The van der Waals surface area contributed by atoms with Crippen LogP contribution in [-0.4, -0.2) is 9.97 Å². The Morgan fingerprint density at radius 1 is 0.420 bits per heavy atom. The number of fused-ring (bicyclic) bond motifs is 6. The fraction of sp³-hybridized carbons (Fsp3) is 0. The number of thiophene rings is 2. The maximum absolute atomic E-state index is 9.59.